The summed E-state index contributed by atoms with van der Waals surface area (Å²) in [5.41, 5.74) is 1.90. The normalized spacial score (nSPS) is 20.0. The van der Waals surface area contributed by atoms with Crippen LogP contribution >= 0.6 is 11.6 Å². The highest BCUT2D eigenvalue weighted by Gasteiger charge is 2.23. The van der Waals surface area contributed by atoms with Crippen LogP contribution in [-0.2, 0) is 4.74 Å². The molecule has 1 aliphatic heterocycles. The molecule has 0 saturated carbocycles. The van der Waals surface area contributed by atoms with E-state index >= 15 is 0 Å². The van der Waals surface area contributed by atoms with E-state index in [1.54, 1.807) is 11.0 Å². The van der Waals surface area contributed by atoms with Gasteiger partial charge in [-0.2, -0.15) is 5.10 Å². The summed E-state index contributed by atoms with van der Waals surface area (Å²) in [4.78, 5) is 3.99. The predicted octanol–water partition coefficient (Wildman–Crippen LogP) is 2.76. The van der Waals surface area contributed by atoms with Crippen molar-refractivity contribution in [2.24, 2.45) is 5.92 Å². The molecule has 2 aromatic rings. The Kier molecular flexibility index (Phi) is 3.89. The van der Waals surface area contributed by atoms with Crippen LogP contribution in [0.4, 0.5) is 5.69 Å². The van der Waals surface area contributed by atoms with Crippen LogP contribution in [0.3, 0.4) is 0 Å². The van der Waals surface area contributed by atoms with Gasteiger partial charge in [0.15, 0.2) is 0 Å². The van der Waals surface area contributed by atoms with Crippen molar-refractivity contribution in [3.8, 4) is 5.69 Å². The Morgan fingerprint density at radius 3 is 3.10 bits per heavy atom. The van der Waals surface area contributed by atoms with Gasteiger partial charge in [-0.25, -0.2) is 9.67 Å². The highest BCUT2D eigenvalue weighted by molar-refractivity contribution is 6.31. The molecular weight excluding hydrogens is 276 g/mol. The first-order chi connectivity index (χ1) is 9.74. The molecule has 6 heteroatoms. The third-order valence-electron chi connectivity index (χ3n) is 3.68. The van der Waals surface area contributed by atoms with Gasteiger partial charge in [-0.15, -0.1) is 0 Å². The van der Waals surface area contributed by atoms with Crippen molar-refractivity contribution in [1.29, 1.82) is 0 Å². The SMILES string of the molecule is CC(Nc1cc(Cl)ccc1-n1cncn1)C1CCOC1. The number of rotatable bonds is 4. The van der Waals surface area contributed by atoms with Crippen LogP contribution in [0.1, 0.15) is 13.3 Å². The highest BCUT2D eigenvalue weighted by atomic mass is 35.5. The molecule has 2 atom stereocenters. The number of hydrogen-bond acceptors (Lipinski definition) is 4. The van der Waals surface area contributed by atoms with Gasteiger partial charge >= 0.3 is 0 Å². The second-order valence-electron chi connectivity index (χ2n) is 5.06. The maximum atomic E-state index is 6.11. The van der Waals surface area contributed by atoms with Crippen molar-refractivity contribution < 1.29 is 4.74 Å². The third kappa shape index (κ3) is 2.78. The number of halogens is 1. The van der Waals surface area contributed by atoms with Crippen LogP contribution in [0.2, 0.25) is 5.02 Å². The molecule has 0 aliphatic carbocycles. The van der Waals surface area contributed by atoms with Crippen molar-refractivity contribution in [2.45, 2.75) is 19.4 Å². The smallest absolute Gasteiger partial charge is 0.138 e. The number of nitrogens with one attached hydrogen (secondary N) is 1. The van der Waals surface area contributed by atoms with Crippen LogP contribution < -0.4 is 5.32 Å². The molecule has 20 heavy (non-hydrogen) atoms. The van der Waals surface area contributed by atoms with Crippen molar-refractivity contribution >= 4 is 17.3 Å². The lowest BCUT2D eigenvalue weighted by Crippen LogP contribution is -2.26. The van der Waals surface area contributed by atoms with E-state index < -0.39 is 0 Å². The Morgan fingerprint density at radius 2 is 2.40 bits per heavy atom. The molecule has 0 spiro atoms. The Balaban J connectivity index is 1.85. The Bertz CT molecular complexity index is 567. The van der Waals surface area contributed by atoms with Gasteiger partial charge in [0.2, 0.25) is 0 Å². The fourth-order valence-corrected chi connectivity index (χ4v) is 2.64. The standard InChI is InChI=1S/C14H17ClN4O/c1-10(11-4-5-20-7-11)18-13-6-12(15)2-3-14(13)19-9-16-8-17-19/h2-3,6,8-11,18H,4-5,7H2,1H3. The summed E-state index contributed by atoms with van der Waals surface area (Å²) in [5, 5.41) is 8.41. The topological polar surface area (TPSA) is 52.0 Å². The summed E-state index contributed by atoms with van der Waals surface area (Å²) in [6.45, 7) is 3.83. The minimum absolute atomic E-state index is 0.318. The van der Waals surface area contributed by atoms with Crippen LogP contribution in [0.25, 0.3) is 5.69 Å². The Hall–Kier alpha value is -1.59. The maximum Gasteiger partial charge on any atom is 0.138 e. The van der Waals surface area contributed by atoms with Crippen LogP contribution in [0, 0.1) is 5.92 Å². The molecule has 106 valence electrons. The lowest BCUT2D eigenvalue weighted by Gasteiger charge is -2.22. The molecular formula is C14H17ClN4O. The summed E-state index contributed by atoms with van der Waals surface area (Å²) < 4.78 is 7.18. The van der Waals surface area contributed by atoms with E-state index in [9.17, 15) is 0 Å². The van der Waals surface area contributed by atoms with Gasteiger partial charge in [-0.3, -0.25) is 0 Å². The van der Waals surface area contributed by atoms with E-state index in [4.69, 9.17) is 16.3 Å². The van der Waals surface area contributed by atoms with Gasteiger partial charge in [-0.05, 0) is 31.5 Å². The zero-order valence-corrected chi connectivity index (χ0v) is 12.0. The molecule has 1 N–H and O–H groups in total. The first-order valence-electron chi connectivity index (χ1n) is 6.73. The van der Waals surface area contributed by atoms with Gasteiger partial charge in [-0.1, -0.05) is 11.6 Å². The number of hydrogen-bond donors (Lipinski definition) is 1. The van der Waals surface area contributed by atoms with Crippen LogP contribution in [0.15, 0.2) is 30.9 Å². The summed E-state index contributed by atoms with van der Waals surface area (Å²) >= 11 is 6.11. The van der Waals surface area contributed by atoms with Crippen molar-refractivity contribution in [3.63, 3.8) is 0 Å². The Morgan fingerprint density at radius 1 is 1.50 bits per heavy atom. The van der Waals surface area contributed by atoms with Crippen LogP contribution in [-0.4, -0.2) is 34.0 Å². The van der Waals surface area contributed by atoms with Crippen molar-refractivity contribution in [1.82, 2.24) is 14.8 Å². The lowest BCUT2D eigenvalue weighted by atomic mass is 10.0. The number of benzene rings is 1. The minimum atomic E-state index is 0.318. The highest BCUT2D eigenvalue weighted by Crippen LogP contribution is 2.27. The molecule has 1 saturated heterocycles. The number of anilines is 1. The largest absolute Gasteiger partial charge is 0.381 e. The summed E-state index contributed by atoms with van der Waals surface area (Å²) in [6.07, 6.45) is 4.29. The number of ether oxygens (including phenoxy) is 1. The summed E-state index contributed by atoms with van der Waals surface area (Å²) in [5.74, 6) is 0.526. The molecule has 1 aromatic carbocycles. The quantitative estimate of drug-likeness (QED) is 0.941. The van der Waals surface area contributed by atoms with Gasteiger partial charge in [0.05, 0.1) is 18.0 Å². The van der Waals surface area contributed by atoms with E-state index in [0.717, 1.165) is 31.0 Å². The third-order valence-corrected chi connectivity index (χ3v) is 3.91. The second-order valence-corrected chi connectivity index (χ2v) is 5.49. The second kappa shape index (κ2) is 5.81. The first-order valence-corrected chi connectivity index (χ1v) is 7.10. The van der Waals surface area contributed by atoms with E-state index in [2.05, 4.69) is 22.3 Å². The van der Waals surface area contributed by atoms with Gasteiger partial charge in [0.1, 0.15) is 12.7 Å². The zero-order chi connectivity index (χ0) is 13.9. The Labute approximate surface area is 122 Å². The number of nitrogens with zero attached hydrogens (tertiary/aromatic N) is 3. The molecule has 1 aliphatic rings. The lowest BCUT2D eigenvalue weighted by molar-refractivity contribution is 0.183. The van der Waals surface area contributed by atoms with E-state index in [1.165, 1.54) is 6.33 Å². The van der Waals surface area contributed by atoms with Crippen molar-refractivity contribution in [3.05, 3.63) is 35.9 Å². The zero-order valence-electron chi connectivity index (χ0n) is 11.3. The molecule has 1 aromatic heterocycles. The van der Waals surface area contributed by atoms with E-state index in [1.807, 2.05) is 18.2 Å². The average molecular weight is 293 g/mol. The van der Waals surface area contributed by atoms with Gasteiger partial charge in [0.25, 0.3) is 0 Å². The predicted molar refractivity (Wildman–Crippen MR) is 78.4 cm³/mol. The summed E-state index contributed by atoms with van der Waals surface area (Å²) in [7, 11) is 0. The molecule has 2 unspecified atom stereocenters. The van der Waals surface area contributed by atoms with E-state index in [0.29, 0.717) is 17.0 Å². The maximum absolute atomic E-state index is 6.11. The summed E-state index contributed by atoms with van der Waals surface area (Å²) in [6, 6.07) is 6.04. The minimum Gasteiger partial charge on any atom is -0.381 e. The average Bonchev–Trinajstić information content (AvgIpc) is 3.12. The molecule has 1 fully saturated rings. The van der Waals surface area contributed by atoms with Gasteiger partial charge in [0, 0.05) is 23.6 Å². The van der Waals surface area contributed by atoms with Gasteiger partial charge < -0.3 is 10.1 Å². The number of aromatic nitrogens is 3. The fourth-order valence-electron chi connectivity index (χ4n) is 2.47. The molecule has 0 radical (unpaired) electrons. The molecule has 2 heterocycles. The fraction of sp³-hybridized carbons (Fsp3) is 0.429. The van der Waals surface area contributed by atoms with E-state index in [-0.39, 0.29) is 0 Å². The van der Waals surface area contributed by atoms with Crippen molar-refractivity contribution in [2.75, 3.05) is 18.5 Å². The molecule has 0 amide bonds. The molecule has 0 bridgehead atoms. The molecule has 5 nitrogen and oxygen atoms in total. The monoisotopic (exact) mass is 292 g/mol. The van der Waals surface area contributed by atoms with Crippen LogP contribution in [0.5, 0.6) is 0 Å². The first kappa shape index (κ1) is 13.4. The molecule has 3 rings (SSSR count).